The molecule has 8 nitrogen and oxygen atoms in total. The lowest BCUT2D eigenvalue weighted by Crippen LogP contribution is -2.43. The van der Waals surface area contributed by atoms with Crippen LogP contribution in [0, 0.1) is 5.92 Å². The van der Waals surface area contributed by atoms with Crippen LogP contribution in [-0.2, 0) is 0 Å². The fourth-order valence-corrected chi connectivity index (χ4v) is 3.60. The highest BCUT2D eigenvalue weighted by Crippen LogP contribution is 2.19. The van der Waals surface area contributed by atoms with E-state index < -0.39 is 0 Å². The molecule has 1 aromatic carbocycles. The average Bonchev–Trinajstić information content (AvgIpc) is 3.46. The van der Waals surface area contributed by atoms with Crippen LogP contribution >= 0.6 is 0 Å². The van der Waals surface area contributed by atoms with Crippen LogP contribution < -0.4 is 5.32 Å². The van der Waals surface area contributed by atoms with Crippen molar-refractivity contribution in [1.82, 2.24) is 30.0 Å². The molecule has 2 aromatic heterocycles. The third-order valence-electron chi connectivity index (χ3n) is 5.03. The molecule has 0 spiro atoms. The maximum atomic E-state index is 12.8. The number of hydrogen-bond acceptors (Lipinski definition) is 4. The van der Waals surface area contributed by atoms with Crippen molar-refractivity contribution in [1.29, 1.82) is 0 Å². The summed E-state index contributed by atoms with van der Waals surface area (Å²) < 4.78 is 1.71. The van der Waals surface area contributed by atoms with Gasteiger partial charge in [-0.2, -0.15) is 0 Å². The van der Waals surface area contributed by atoms with E-state index in [9.17, 15) is 9.59 Å². The lowest BCUT2D eigenvalue weighted by Gasteiger charge is -2.32. The summed E-state index contributed by atoms with van der Waals surface area (Å²) in [7, 11) is 0. The molecular weight excluding hydrogens is 356 g/mol. The van der Waals surface area contributed by atoms with Crippen LogP contribution in [0.2, 0.25) is 0 Å². The van der Waals surface area contributed by atoms with Crippen molar-refractivity contribution in [3.05, 3.63) is 66.5 Å². The molecule has 0 radical (unpaired) electrons. The number of nitrogens with zero attached hydrogens (tertiary/aromatic N) is 4. The number of likely N-dealkylation sites (tertiary alicyclic amines) is 1. The van der Waals surface area contributed by atoms with E-state index in [4.69, 9.17) is 0 Å². The molecule has 1 atom stereocenters. The lowest BCUT2D eigenvalue weighted by molar-refractivity contribution is 0.0665. The summed E-state index contributed by atoms with van der Waals surface area (Å²) >= 11 is 0. The number of piperidine rings is 1. The third-order valence-corrected chi connectivity index (χ3v) is 5.03. The maximum Gasteiger partial charge on any atom is 0.270 e. The summed E-state index contributed by atoms with van der Waals surface area (Å²) in [5, 5.41) is 10.6. The summed E-state index contributed by atoms with van der Waals surface area (Å²) in [6, 6.07) is 11.0. The van der Waals surface area contributed by atoms with E-state index in [1.807, 2.05) is 29.2 Å². The molecular formula is C20H22N6O2. The summed E-state index contributed by atoms with van der Waals surface area (Å²) in [5.41, 5.74) is 1.90. The molecule has 1 saturated heterocycles. The van der Waals surface area contributed by atoms with Crippen molar-refractivity contribution in [3.8, 4) is 5.69 Å². The zero-order valence-electron chi connectivity index (χ0n) is 15.4. The fraction of sp³-hybridized carbons (Fsp3) is 0.300. The van der Waals surface area contributed by atoms with Gasteiger partial charge in [0.25, 0.3) is 11.8 Å². The second-order valence-corrected chi connectivity index (χ2v) is 6.94. The second-order valence-electron chi connectivity index (χ2n) is 6.94. The van der Waals surface area contributed by atoms with Crippen LogP contribution in [0.3, 0.4) is 0 Å². The molecule has 1 unspecified atom stereocenters. The van der Waals surface area contributed by atoms with Crippen LogP contribution in [0.4, 0.5) is 0 Å². The number of rotatable bonds is 5. The van der Waals surface area contributed by atoms with E-state index in [-0.39, 0.29) is 17.7 Å². The number of hydrogen-bond donors (Lipinski definition) is 2. The smallest absolute Gasteiger partial charge is 0.270 e. The molecule has 0 bridgehead atoms. The minimum atomic E-state index is -0.142. The Kier molecular flexibility index (Phi) is 5.18. The van der Waals surface area contributed by atoms with E-state index >= 15 is 0 Å². The fourth-order valence-electron chi connectivity index (χ4n) is 3.60. The van der Waals surface area contributed by atoms with Crippen molar-refractivity contribution < 1.29 is 9.59 Å². The quantitative estimate of drug-likeness (QED) is 0.708. The number of H-pyrrole nitrogens is 1. The Labute approximate surface area is 162 Å². The molecule has 0 aliphatic carbocycles. The van der Waals surface area contributed by atoms with Gasteiger partial charge in [0.1, 0.15) is 18.3 Å². The standard InChI is InChI=1S/C20H22N6O2/c27-19(16-6-1-2-8-18(16)26-13-23-24-14-26)22-11-15-5-4-10-25(12-15)20(28)17-7-3-9-21-17/h1-3,6-9,13-15,21H,4-5,10-12H2,(H,22,27). The Morgan fingerprint density at radius 1 is 1.14 bits per heavy atom. The van der Waals surface area contributed by atoms with Gasteiger partial charge in [0.05, 0.1) is 11.3 Å². The van der Waals surface area contributed by atoms with Crippen molar-refractivity contribution >= 4 is 11.8 Å². The van der Waals surface area contributed by atoms with E-state index in [0.29, 0.717) is 24.3 Å². The molecule has 1 fully saturated rings. The van der Waals surface area contributed by atoms with Crippen molar-refractivity contribution in [3.63, 3.8) is 0 Å². The molecule has 2 N–H and O–H groups in total. The molecule has 8 heteroatoms. The van der Waals surface area contributed by atoms with Crippen molar-refractivity contribution in [2.24, 2.45) is 5.92 Å². The largest absolute Gasteiger partial charge is 0.357 e. The molecule has 3 aromatic rings. The average molecular weight is 378 g/mol. The van der Waals surface area contributed by atoms with Gasteiger partial charge in [0.15, 0.2) is 0 Å². The zero-order chi connectivity index (χ0) is 19.3. The van der Waals surface area contributed by atoms with Crippen LogP contribution in [0.15, 0.2) is 55.2 Å². The molecule has 3 heterocycles. The van der Waals surface area contributed by atoms with E-state index in [1.165, 1.54) is 0 Å². The molecule has 2 amide bonds. The molecule has 1 aliphatic rings. The van der Waals surface area contributed by atoms with Gasteiger partial charge in [0.2, 0.25) is 0 Å². The Morgan fingerprint density at radius 2 is 1.96 bits per heavy atom. The molecule has 4 rings (SSSR count). The highest BCUT2D eigenvalue weighted by atomic mass is 16.2. The molecule has 0 saturated carbocycles. The van der Waals surface area contributed by atoms with Crippen LogP contribution in [0.5, 0.6) is 0 Å². The first kappa shape index (κ1) is 18.0. The predicted molar refractivity (Wildman–Crippen MR) is 103 cm³/mol. The van der Waals surface area contributed by atoms with E-state index in [1.54, 1.807) is 35.6 Å². The van der Waals surface area contributed by atoms with Crippen LogP contribution in [-0.4, -0.2) is 56.1 Å². The van der Waals surface area contributed by atoms with Gasteiger partial charge in [-0.05, 0) is 43.0 Å². The normalized spacial score (nSPS) is 16.7. The van der Waals surface area contributed by atoms with Gasteiger partial charge in [-0.25, -0.2) is 0 Å². The first-order valence-electron chi connectivity index (χ1n) is 9.37. The number of aromatic nitrogens is 4. The highest BCUT2D eigenvalue weighted by Gasteiger charge is 2.25. The minimum Gasteiger partial charge on any atom is -0.357 e. The topological polar surface area (TPSA) is 95.9 Å². The van der Waals surface area contributed by atoms with Gasteiger partial charge in [-0.15, -0.1) is 10.2 Å². The Hall–Kier alpha value is -3.42. The Balaban J connectivity index is 1.38. The van der Waals surface area contributed by atoms with Gasteiger partial charge in [-0.1, -0.05) is 12.1 Å². The Morgan fingerprint density at radius 3 is 2.75 bits per heavy atom. The summed E-state index contributed by atoms with van der Waals surface area (Å²) in [5.74, 6) is 0.106. The summed E-state index contributed by atoms with van der Waals surface area (Å²) in [6.45, 7) is 1.92. The summed E-state index contributed by atoms with van der Waals surface area (Å²) in [6.07, 6.45) is 6.81. The predicted octanol–water partition coefficient (Wildman–Crippen LogP) is 1.88. The number of amides is 2. The number of aromatic amines is 1. The number of carbonyl (C=O) groups is 2. The van der Waals surface area contributed by atoms with Crippen LogP contribution in [0.25, 0.3) is 5.69 Å². The van der Waals surface area contributed by atoms with Crippen LogP contribution in [0.1, 0.15) is 33.7 Å². The SMILES string of the molecule is O=C(NCC1CCCN(C(=O)c2ccc[nH]2)C1)c1ccccc1-n1cnnc1. The molecule has 1 aliphatic heterocycles. The van der Waals surface area contributed by atoms with E-state index in [2.05, 4.69) is 20.5 Å². The molecule has 144 valence electrons. The first-order chi connectivity index (χ1) is 13.7. The zero-order valence-corrected chi connectivity index (χ0v) is 15.4. The third kappa shape index (κ3) is 3.80. The monoisotopic (exact) mass is 378 g/mol. The van der Waals surface area contributed by atoms with Gasteiger partial charge < -0.3 is 15.2 Å². The molecule has 28 heavy (non-hydrogen) atoms. The summed E-state index contributed by atoms with van der Waals surface area (Å²) in [4.78, 5) is 30.1. The number of benzene rings is 1. The van der Waals surface area contributed by atoms with Gasteiger partial charge >= 0.3 is 0 Å². The van der Waals surface area contributed by atoms with E-state index in [0.717, 1.165) is 25.1 Å². The second kappa shape index (κ2) is 8.08. The van der Waals surface area contributed by atoms with Crippen molar-refractivity contribution in [2.75, 3.05) is 19.6 Å². The minimum absolute atomic E-state index is 0.0129. The Bertz CT molecular complexity index is 936. The number of carbonyl (C=O) groups excluding carboxylic acids is 2. The van der Waals surface area contributed by atoms with Gasteiger partial charge in [-0.3, -0.25) is 14.2 Å². The lowest BCUT2D eigenvalue weighted by atomic mass is 9.97. The number of para-hydroxylation sites is 1. The number of nitrogens with one attached hydrogen (secondary N) is 2. The van der Waals surface area contributed by atoms with Gasteiger partial charge in [0, 0.05) is 25.8 Å². The highest BCUT2D eigenvalue weighted by molar-refractivity contribution is 5.97. The maximum absolute atomic E-state index is 12.8. The van der Waals surface area contributed by atoms with Crippen molar-refractivity contribution in [2.45, 2.75) is 12.8 Å². The first-order valence-corrected chi connectivity index (χ1v) is 9.37.